The van der Waals surface area contributed by atoms with E-state index in [4.69, 9.17) is 28.9 Å². The molecule has 2 atom stereocenters. The van der Waals surface area contributed by atoms with E-state index in [2.05, 4.69) is 99.0 Å². The van der Waals surface area contributed by atoms with Gasteiger partial charge >= 0.3 is 0 Å². The van der Waals surface area contributed by atoms with Gasteiger partial charge in [0.15, 0.2) is 0 Å². The van der Waals surface area contributed by atoms with Crippen LogP contribution in [0.15, 0.2) is 83.9 Å². The van der Waals surface area contributed by atoms with Gasteiger partial charge in [-0.15, -0.1) is 0 Å². The Bertz CT molecular complexity index is 2400. The molecule has 11 nitrogen and oxygen atoms in total. The second-order valence-corrected chi connectivity index (χ2v) is 18.3. The molecule has 2 saturated heterocycles. The Labute approximate surface area is 387 Å². The number of ether oxygens (including phenoxy) is 4. The number of benzene rings is 2. The molecular weight excluding hydrogens is 811 g/mol. The van der Waals surface area contributed by atoms with Crippen molar-refractivity contribution in [2.45, 2.75) is 110 Å². The zero-order valence-corrected chi connectivity index (χ0v) is 39.7. The molecule has 2 unspecified atom stereocenters. The Hall–Kier alpha value is -4.81. The summed E-state index contributed by atoms with van der Waals surface area (Å²) in [6.45, 7) is 12.2. The van der Waals surface area contributed by atoms with Crippen molar-refractivity contribution in [2.24, 2.45) is 16.8 Å². The minimum absolute atomic E-state index is 0.493. The molecule has 65 heavy (non-hydrogen) atoms. The average molecular weight is 884 g/mol. The van der Waals surface area contributed by atoms with Gasteiger partial charge in [-0.1, -0.05) is 38.8 Å². The number of H-pyrrole nitrogens is 1. The number of anilines is 1. The number of allylic oxidation sites excluding steroid dienone is 3. The van der Waals surface area contributed by atoms with Crippen molar-refractivity contribution in [3.8, 4) is 11.4 Å². The molecule has 0 amide bonds. The number of methoxy groups -OCH3 is 2. The summed E-state index contributed by atoms with van der Waals surface area (Å²) in [5.74, 6) is 2.97. The number of nitrogens with zero attached hydrogens (tertiary/aromatic N) is 6. The zero-order valence-electron chi connectivity index (χ0n) is 39.7. The molecule has 3 aliphatic heterocycles. The smallest absolute Gasteiger partial charge is 0.135 e. The third-order valence-corrected chi connectivity index (χ3v) is 13.8. The third-order valence-electron chi connectivity index (χ3n) is 13.8. The molecule has 2 fully saturated rings. The Kier molecular flexibility index (Phi) is 16.9. The molecule has 8 rings (SSSR count). The largest absolute Gasteiger partial charge is 0.491 e. The minimum atomic E-state index is 0.493. The van der Waals surface area contributed by atoms with Crippen molar-refractivity contribution in [1.29, 1.82) is 0 Å². The van der Waals surface area contributed by atoms with E-state index in [1.165, 1.54) is 76.8 Å². The molecule has 2 aromatic carbocycles. The Morgan fingerprint density at radius 3 is 2.57 bits per heavy atom. The molecule has 3 aromatic heterocycles. The molecule has 5 aromatic rings. The van der Waals surface area contributed by atoms with Crippen molar-refractivity contribution in [3.05, 3.63) is 101 Å². The van der Waals surface area contributed by atoms with Gasteiger partial charge in [-0.3, -0.25) is 9.89 Å². The summed E-state index contributed by atoms with van der Waals surface area (Å²) in [5.41, 5.74) is 11.2. The molecule has 1 N–H and O–H groups in total. The first-order valence-corrected chi connectivity index (χ1v) is 24.7. The van der Waals surface area contributed by atoms with Crippen molar-refractivity contribution in [1.82, 2.24) is 24.4 Å². The number of aryl methyl sites for hydroxylation is 1. The van der Waals surface area contributed by atoms with Crippen LogP contribution in [0.5, 0.6) is 5.75 Å². The fraction of sp³-hybridized carbons (Fsp3) is 0.537. The van der Waals surface area contributed by atoms with Crippen molar-refractivity contribution in [2.75, 3.05) is 71.7 Å². The number of hydrogen-bond donors (Lipinski definition) is 1. The van der Waals surface area contributed by atoms with Gasteiger partial charge in [0.1, 0.15) is 24.5 Å². The Morgan fingerprint density at radius 2 is 1.69 bits per heavy atom. The third kappa shape index (κ3) is 12.0. The summed E-state index contributed by atoms with van der Waals surface area (Å²) in [6.07, 6.45) is 25.0. The quantitative estimate of drug-likeness (QED) is 0.0868. The van der Waals surface area contributed by atoms with E-state index < -0.39 is 0 Å². The maximum atomic E-state index is 6.26. The number of fused-ring (bicyclic) bond motifs is 2. The average Bonchev–Trinajstić information content (AvgIpc) is 3.87. The van der Waals surface area contributed by atoms with Gasteiger partial charge in [0, 0.05) is 97.2 Å². The number of aromatic amines is 1. The van der Waals surface area contributed by atoms with E-state index >= 15 is 0 Å². The van der Waals surface area contributed by atoms with Crippen LogP contribution in [-0.4, -0.2) is 97.0 Å². The van der Waals surface area contributed by atoms with Crippen LogP contribution in [0, 0.1) is 11.8 Å². The number of rotatable bonds is 18. The number of nitrogens with one attached hydrogen (secondary N) is 1. The summed E-state index contributed by atoms with van der Waals surface area (Å²) in [5, 5.41) is 2.44. The molecular formula is C54H73N7O4. The van der Waals surface area contributed by atoms with Crippen LogP contribution in [0.4, 0.5) is 5.82 Å². The lowest BCUT2D eigenvalue weighted by atomic mass is 9.86. The molecule has 0 bridgehead atoms. The summed E-state index contributed by atoms with van der Waals surface area (Å²) in [6, 6.07) is 16.1. The molecule has 0 saturated carbocycles. The first kappa shape index (κ1) is 46.7. The van der Waals surface area contributed by atoms with Crippen LogP contribution in [0.2, 0.25) is 0 Å². The highest BCUT2D eigenvalue weighted by Gasteiger charge is 2.25. The van der Waals surface area contributed by atoms with E-state index in [1.807, 2.05) is 6.20 Å². The number of aliphatic imine (C=N–C) groups is 1. The fourth-order valence-electron chi connectivity index (χ4n) is 10.4. The molecule has 348 valence electrons. The van der Waals surface area contributed by atoms with Gasteiger partial charge in [-0.25, -0.2) is 9.97 Å². The van der Waals surface area contributed by atoms with Crippen molar-refractivity contribution >= 4 is 33.3 Å². The normalized spacial score (nSPS) is 19.8. The van der Waals surface area contributed by atoms with E-state index in [0.717, 1.165) is 112 Å². The van der Waals surface area contributed by atoms with Gasteiger partial charge in [-0.05, 0) is 137 Å². The number of likely N-dealkylation sites (tertiary alicyclic amines) is 1. The molecule has 0 spiro atoms. The maximum absolute atomic E-state index is 6.26. The zero-order chi connectivity index (χ0) is 44.8. The van der Waals surface area contributed by atoms with E-state index in [1.54, 1.807) is 20.5 Å². The Morgan fingerprint density at radius 1 is 0.815 bits per heavy atom. The van der Waals surface area contributed by atoms with Gasteiger partial charge in [0.25, 0.3) is 0 Å². The van der Waals surface area contributed by atoms with Crippen molar-refractivity contribution < 1.29 is 18.9 Å². The van der Waals surface area contributed by atoms with Crippen LogP contribution in [0.25, 0.3) is 27.5 Å². The summed E-state index contributed by atoms with van der Waals surface area (Å²) >= 11 is 0. The maximum Gasteiger partial charge on any atom is 0.135 e. The first-order valence-electron chi connectivity index (χ1n) is 24.7. The van der Waals surface area contributed by atoms with Crippen LogP contribution < -0.4 is 9.64 Å². The predicted molar refractivity (Wildman–Crippen MR) is 265 cm³/mol. The van der Waals surface area contributed by atoms with Crippen LogP contribution in [0.1, 0.15) is 107 Å². The predicted octanol–water partition coefficient (Wildman–Crippen LogP) is 11.0. The van der Waals surface area contributed by atoms with Crippen LogP contribution in [-0.2, 0) is 40.2 Å². The fourth-order valence-corrected chi connectivity index (χ4v) is 10.4. The highest BCUT2D eigenvalue weighted by atomic mass is 16.5. The highest BCUT2D eigenvalue weighted by molar-refractivity contribution is 6.02. The lowest BCUT2D eigenvalue weighted by Gasteiger charge is -2.30. The molecule has 11 heteroatoms. The summed E-state index contributed by atoms with van der Waals surface area (Å²) < 4.78 is 25.7. The summed E-state index contributed by atoms with van der Waals surface area (Å²) in [4.78, 5) is 23.3. The Balaban J connectivity index is 1.13. The van der Waals surface area contributed by atoms with E-state index in [0.29, 0.717) is 44.9 Å². The van der Waals surface area contributed by atoms with E-state index in [9.17, 15) is 0 Å². The lowest BCUT2D eigenvalue weighted by molar-refractivity contribution is 0.0617. The number of hydrogen-bond acceptors (Lipinski definition) is 9. The first-order chi connectivity index (χ1) is 32.0. The van der Waals surface area contributed by atoms with Crippen LogP contribution >= 0.6 is 0 Å². The van der Waals surface area contributed by atoms with Gasteiger partial charge in [-0.2, -0.15) is 0 Å². The highest BCUT2D eigenvalue weighted by Crippen LogP contribution is 2.36. The SMILES string of the molecule is CCC1=CCC/C=C/N=C1C1CCCCN(Cc2cc3c(-n4c(CC5CCCCN(c6ncncc6CC)CC5)cc5ccc(OCCOC)cc54)cc(COCCOC)cc3[nH]2)CC1. The van der Waals surface area contributed by atoms with Crippen LogP contribution in [0.3, 0.4) is 0 Å². The minimum Gasteiger partial charge on any atom is -0.491 e. The summed E-state index contributed by atoms with van der Waals surface area (Å²) in [7, 11) is 3.44. The second-order valence-electron chi connectivity index (χ2n) is 18.3. The molecule has 6 heterocycles. The molecule has 3 aliphatic rings. The number of aromatic nitrogens is 4. The molecule has 0 aliphatic carbocycles. The second kappa shape index (κ2) is 23.6. The standard InChI is InChI=1S/C54H73N7O4/c1-5-42-15-8-7-11-21-56-53(42)44-16-10-12-22-59(24-20-44)37-46-34-49-50(58-46)31-41(38-64-28-26-62-3)32-52(49)61-47(33-45-17-18-48(35-51(45)61)65-29-27-63-4)30-40-14-9-13-23-60(25-19-40)54-43(6-2)36-55-39-57-54/h11,15,17-18,21,31-36,39-40,44,58H,5-10,12-14,16,19-20,22-30,37-38H2,1-4H3/b21-11+,42-15?,56-53?. The van der Waals surface area contributed by atoms with Gasteiger partial charge in [0.05, 0.1) is 37.6 Å². The molecule has 0 radical (unpaired) electrons. The van der Waals surface area contributed by atoms with E-state index in [-0.39, 0.29) is 0 Å². The topological polar surface area (TPSA) is 102 Å². The van der Waals surface area contributed by atoms with Gasteiger partial charge in [0.2, 0.25) is 0 Å². The van der Waals surface area contributed by atoms with Gasteiger partial charge < -0.3 is 33.4 Å². The monoisotopic (exact) mass is 884 g/mol. The van der Waals surface area contributed by atoms with Crippen molar-refractivity contribution in [3.63, 3.8) is 0 Å². The lowest BCUT2D eigenvalue weighted by Crippen LogP contribution is -2.31.